The van der Waals surface area contributed by atoms with Crippen molar-refractivity contribution < 1.29 is 14.3 Å². The number of fused-ring (bicyclic) bond motifs is 1. The minimum atomic E-state index is -0.429. The third-order valence-corrected chi connectivity index (χ3v) is 4.56. The van der Waals surface area contributed by atoms with Gasteiger partial charge in [0.05, 0.1) is 13.3 Å². The highest BCUT2D eigenvalue weighted by Gasteiger charge is 2.26. The molecule has 1 fully saturated rings. The first-order valence-corrected chi connectivity index (χ1v) is 8.58. The van der Waals surface area contributed by atoms with E-state index in [0.717, 1.165) is 11.0 Å². The number of imidazole rings is 1. The van der Waals surface area contributed by atoms with Crippen molar-refractivity contribution >= 4 is 17.2 Å². The average molecular weight is 369 g/mol. The van der Waals surface area contributed by atoms with E-state index in [1.54, 1.807) is 31.2 Å². The van der Waals surface area contributed by atoms with Gasteiger partial charge in [0.1, 0.15) is 23.6 Å². The van der Waals surface area contributed by atoms with Gasteiger partial charge in [0.2, 0.25) is 0 Å². The van der Waals surface area contributed by atoms with E-state index < -0.39 is 5.69 Å². The summed E-state index contributed by atoms with van der Waals surface area (Å²) in [4.78, 5) is 35.3. The normalized spacial score (nSPS) is 13.5. The quantitative estimate of drug-likeness (QED) is 0.690. The summed E-state index contributed by atoms with van der Waals surface area (Å²) in [5, 5.41) is 0. The second-order valence-electron chi connectivity index (χ2n) is 6.26. The molecule has 0 aliphatic carbocycles. The molecule has 1 amide bonds. The van der Waals surface area contributed by atoms with E-state index >= 15 is 0 Å². The molecule has 0 saturated carbocycles. The summed E-state index contributed by atoms with van der Waals surface area (Å²) in [5.41, 5.74) is 0.361. The smallest absolute Gasteiger partial charge is 0.338 e. The Labute approximate surface area is 154 Å². The molecule has 140 valence electrons. The Morgan fingerprint density at radius 2 is 2.04 bits per heavy atom. The van der Waals surface area contributed by atoms with E-state index in [9.17, 15) is 9.59 Å². The van der Waals surface area contributed by atoms with Crippen LogP contribution >= 0.6 is 0 Å². The number of aryl methyl sites for hydroxylation is 1. The molecule has 3 heterocycles. The van der Waals surface area contributed by atoms with Crippen LogP contribution in [0.3, 0.4) is 0 Å². The Kier molecular flexibility index (Phi) is 4.27. The van der Waals surface area contributed by atoms with Gasteiger partial charge in [-0.2, -0.15) is 0 Å². The summed E-state index contributed by atoms with van der Waals surface area (Å²) < 4.78 is 13.3. The number of nitrogens with zero attached hydrogens (tertiary/aromatic N) is 5. The van der Waals surface area contributed by atoms with Gasteiger partial charge in [0.25, 0.3) is 0 Å². The van der Waals surface area contributed by atoms with Crippen molar-refractivity contribution in [3.63, 3.8) is 0 Å². The summed E-state index contributed by atoms with van der Waals surface area (Å²) in [6.45, 7) is 1.45. The summed E-state index contributed by atoms with van der Waals surface area (Å²) in [7, 11) is 3.17. The number of likely N-dealkylation sites (tertiary alicyclic amines) is 1. The van der Waals surface area contributed by atoms with Gasteiger partial charge in [-0.3, -0.25) is 4.57 Å². The van der Waals surface area contributed by atoms with E-state index in [0.29, 0.717) is 41.6 Å². The zero-order chi connectivity index (χ0) is 19.0. The van der Waals surface area contributed by atoms with Gasteiger partial charge in [-0.05, 0) is 18.6 Å². The van der Waals surface area contributed by atoms with E-state index in [2.05, 4.69) is 9.97 Å². The minimum Gasteiger partial charge on any atom is -0.497 e. The number of methoxy groups -OCH3 is 1. The number of carbonyl (C=O) groups is 1. The van der Waals surface area contributed by atoms with Crippen molar-refractivity contribution in [2.24, 2.45) is 7.05 Å². The first kappa shape index (κ1) is 17.1. The van der Waals surface area contributed by atoms with E-state index in [1.165, 1.54) is 10.8 Å². The second kappa shape index (κ2) is 6.75. The molecule has 0 atom stereocenters. The maximum atomic E-state index is 12.5. The predicted octanol–water partition coefficient (Wildman–Crippen LogP) is 1.39. The molecule has 9 nitrogen and oxygen atoms in total. The van der Waals surface area contributed by atoms with Crippen molar-refractivity contribution in [3.05, 3.63) is 46.8 Å². The summed E-state index contributed by atoms with van der Waals surface area (Å²) in [6.07, 6.45) is 2.44. The lowest BCUT2D eigenvalue weighted by Gasteiger charge is -2.30. The molecule has 9 heteroatoms. The Morgan fingerprint density at radius 3 is 2.74 bits per heavy atom. The highest BCUT2D eigenvalue weighted by molar-refractivity contribution is 5.87. The van der Waals surface area contributed by atoms with Crippen LogP contribution in [-0.2, 0) is 13.7 Å². The second-order valence-corrected chi connectivity index (χ2v) is 6.26. The average Bonchev–Trinajstić information content (AvgIpc) is 2.89. The predicted molar refractivity (Wildman–Crippen MR) is 97.1 cm³/mol. The van der Waals surface area contributed by atoms with Gasteiger partial charge in [0, 0.05) is 26.2 Å². The molecule has 1 aliphatic heterocycles. The number of aromatic nitrogens is 4. The standard InChI is InChI=1S/C18H19N5O4/c1-21-16-14(23(17(21)24)18(25)22-7-4-8-22)10-19-15(20-16)11-27-13-6-3-5-12(9-13)26-2/h3,5-6,9-10H,4,7-8,11H2,1-2H3. The van der Waals surface area contributed by atoms with Crippen LogP contribution in [0.4, 0.5) is 4.79 Å². The van der Waals surface area contributed by atoms with E-state index in [-0.39, 0.29) is 12.6 Å². The van der Waals surface area contributed by atoms with Gasteiger partial charge in [0.15, 0.2) is 11.5 Å². The third kappa shape index (κ3) is 3.01. The molecule has 2 aromatic heterocycles. The fraction of sp³-hybridized carbons (Fsp3) is 0.333. The van der Waals surface area contributed by atoms with Gasteiger partial charge in [-0.1, -0.05) is 6.07 Å². The molecule has 0 radical (unpaired) electrons. The molecule has 1 aromatic carbocycles. The van der Waals surface area contributed by atoms with Gasteiger partial charge < -0.3 is 14.4 Å². The zero-order valence-electron chi connectivity index (χ0n) is 15.1. The molecule has 1 saturated heterocycles. The molecule has 4 rings (SSSR count). The van der Waals surface area contributed by atoms with E-state index in [1.807, 2.05) is 12.1 Å². The molecular weight excluding hydrogens is 350 g/mol. The first-order valence-electron chi connectivity index (χ1n) is 8.58. The monoisotopic (exact) mass is 369 g/mol. The molecule has 0 bridgehead atoms. The molecule has 0 unspecified atom stereocenters. The number of rotatable bonds is 4. The summed E-state index contributed by atoms with van der Waals surface area (Å²) in [5.74, 6) is 1.72. The summed E-state index contributed by atoms with van der Waals surface area (Å²) in [6, 6.07) is 6.88. The molecular formula is C18H19N5O4. The fourth-order valence-electron chi connectivity index (χ4n) is 2.89. The van der Waals surface area contributed by atoms with Crippen LogP contribution in [0.2, 0.25) is 0 Å². The maximum Gasteiger partial charge on any atom is 0.338 e. The molecule has 0 N–H and O–H groups in total. The number of benzene rings is 1. The molecule has 27 heavy (non-hydrogen) atoms. The van der Waals surface area contributed by atoms with Crippen molar-refractivity contribution in [2.45, 2.75) is 13.0 Å². The molecule has 3 aromatic rings. The van der Waals surface area contributed by atoms with Crippen LogP contribution in [-0.4, -0.2) is 50.2 Å². The number of ether oxygens (including phenoxy) is 2. The van der Waals surface area contributed by atoms with Gasteiger partial charge >= 0.3 is 11.7 Å². The maximum absolute atomic E-state index is 12.5. The van der Waals surface area contributed by atoms with Crippen LogP contribution in [0, 0.1) is 0 Å². The third-order valence-electron chi connectivity index (χ3n) is 4.56. The molecule has 1 aliphatic rings. The number of amides is 1. The number of hydrogen-bond donors (Lipinski definition) is 0. The lowest BCUT2D eigenvalue weighted by Crippen LogP contribution is -2.47. The number of hydrogen-bond acceptors (Lipinski definition) is 6. The largest absolute Gasteiger partial charge is 0.497 e. The number of carbonyl (C=O) groups excluding carboxylic acids is 1. The lowest BCUT2D eigenvalue weighted by atomic mass is 10.2. The Morgan fingerprint density at radius 1 is 1.26 bits per heavy atom. The van der Waals surface area contributed by atoms with Crippen molar-refractivity contribution in [1.82, 2.24) is 24.0 Å². The van der Waals surface area contributed by atoms with Crippen LogP contribution in [0.1, 0.15) is 12.2 Å². The van der Waals surface area contributed by atoms with Crippen LogP contribution in [0.15, 0.2) is 35.3 Å². The SMILES string of the molecule is COc1cccc(OCc2ncc3c(n2)n(C)c(=O)n3C(=O)N2CCC2)c1. The lowest BCUT2D eigenvalue weighted by molar-refractivity contribution is 0.169. The molecule has 0 spiro atoms. The zero-order valence-corrected chi connectivity index (χ0v) is 15.1. The first-order chi connectivity index (χ1) is 13.1. The van der Waals surface area contributed by atoms with Crippen molar-refractivity contribution in [1.29, 1.82) is 0 Å². The van der Waals surface area contributed by atoms with Crippen LogP contribution in [0.25, 0.3) is 11.2 Å². The Bertz CT molecular complexity index is 1070. The van der Waals surface area contributed by atoms with Crippen molar-refractivity contribution in [3.8, 4) is 11.5 Å². The van der Waals surface area contributed by atoms with E-state index in [4.69, 9.17) is 9.47 Å². The fourth-order valence-corrected chi connectivity index (χ4v) is 2.89. The highest BCUT2D eigenvalue weighted by atomic mass is 16.5. The van der Waals surface area contributed by atoms with Gasteiger partial charge in [-0.15, -0.1) is 0 Å². The van der Waals surface area contributed by atoms with Gasteiger partial charge in [-0.25, -0.2) is 24.1 Å². The Hall–Kier alpha value is -3.36. The summed E-state index contributed by atoms with van der Waals surface area (Å²) >= 11 is 0. The van der Waals surface area contributed by atoms with Crippen LogP contribution < -0.4 is 15.2 Å². The minimum absolute atomic E-state index is 0.128. The van der Waals surface area contributed by atoms with Crippen LogP contribution in [0.5, 0.6) is 11.5 Å². The Balaban J connectivity index is 1.61. The van der Waals surface area contributed by atoms with Crippen molar-refractivity contribution in [2.75, 3.05) is 20.2 Å². The highest BCUT2D eigenvalue weighted by Crippen LogP contribution is 2.20. The topological polar surface area (TPSA) is 91.5 Å².